The number of aromatic nitrogens is 2. The Bertz CT molecular complexity index is 860. The van der Waals surface area contributed by atoms with Crippen molar-refractivity contribution in [2.45, 2.75) is 26.4 Å². The van der Waals surface area contributed by atoms with E-state index < -0.39 is 0 Å². The van der Waals surface area contributed by atoms with Crippen molar-refractivity contribution < 1.29 is 14.1 Å². The van der Waals surface area contributed by atoms with Gasteiger partial charge in [-0.05, 0) is 50.1 Å². The number of nitrogens with one attached hydrogen (secondary N) is 1. The van der Waals surface area contributed by atoms with E-state index in [1.165, 1.54) is 0 Å². The second-order valence-corrected chi connectivity index (χ2v) is 6.26. The van der Waals surface area contributed by atoms with Gasteiger partial charge in [0, 0.05) is 24.3 Å². The Balaban J connectivity index is 1.40. The van der Waals surface area contributed by atoms with Crippen molar-refractivity contribution in [3.63, 3.8) is 0 Å². The Hall–Kier alpha value is -2.99. The van der Waals surface area contributed by atoms with E-state index in [4.69, 9.17) is 9.26 Å². The van der Waals surface area contributed by atoms with Crippen LogP contribution in [0.2, 0.25) is 0 Å². The Kier molecular flexibility index (Phi) is 6.33. The van der Waals surface area contributed by atoms with Gasteiger partial charge in [0.25, 0.3) is 11.8 Å². The molecule has 0 saturated heterocycles. The van der Waals surface area contributed by atoms with Crippen LogP contribution in [0.15, 0.2) is 59.1 Å². The summed E-state index contributed by atoms with van der Waals surface area (Å²) >= 11 is 0. The first-order chi connectivity index (χ1) is 13.1. The van der Waals surface area contributed by atoms with Gasteiger partial charge in [0.15, 0.2) is 5.82 Å². The first kappa shape index (κ1) is 18.8. The molecular formula is C21H23N3O3. The second-order valence-electron chi connectivity index (χ2n) is 6.26. The lowest BCUT2D eigenvalue weighted by Crippen LogP contribution is -2.25. The van der Waals surface area contributed by atoms with Crippen LogP contribution in [0, 0.1) is 6.92 Å². The fourth-order valence-corrected chi connectivity index (χ4v) is 2.64. The second kappa shape index (κ2) is 9.09. The maximum atomic E-state index is 12.2. The molecule has 0 fully saturated rings. The average molecular weight is 365 g/mol. The van der Waals surface area contributed by atoms with Crippen molar-refractivity contribution in [3.05, 3.63) is 71.5 Å². The van der Waals surface area contributed by atoms with Gasteiger partial charge in [-0.3, -0.25) is 4.79 Å². The SMILES string of the molecule is Cc1noc(-c2ccc(C(=O)NCCCOC(C)c3ccccc3)cc2)n1. The summed E-state index contributed by atoms with van der Waals surface area (Å²) in [6.45, 7) is 4.94. The van der Waals surface area contributed by atoms with Gasteiger partial charge in [0.1, 0.15) is 0 Å². The number of amides is 1. The Morgan fingerprint density at radius 1 is 1.15 bits per heavy atom. The van der Waals surface area contributed by atoms with Crippen LogP contribution in [0.4, 0.5) is 0 Å². The van der Waals surface area contributed by atoms with Gasteiger partial charge in [0.05, 0.1) is 6.10 Å². The minimum absolute atomic E-state index is 0.0442. The van der Waals surface area contributed by atoms with Crippen LogP contribution in [-0.2, 0) is 4.74 Å². The molecule has 1 atom stereocenters. The molecule has 0 aliphatic rings. The third kappa shape index (κ3) is 5.24. The summed E-state index contributed by atoms with van der Waals surface area (Å²) in [6.07, 6.45) is 0.796. The summed E-state index contributed by atoms with van der Waals surface area (Å²) < 4.78 is 10.9. The molecule has 3 aromatic rings. The maximum absolute atomic E-state index is 12.2. The molecule has 1 heterocycles. The minimum atomic E-state index is -0.112. The predicted molar refractivity (Wildman–Crippen MR) is 102 cm³/mol. The van der Waals surface area contributed by atoms with Gasteiger partial charge in [-0.15, -0.1) is 0 Å². The van der Waals surface area contributed by atoms with Gasteiger partial charge in [-0.25, -0.2) is 0 Å². The molecule has 6 heteroatoms. The first-order valence-corrected chi connectivity index (χ1v) is 8.99. The zero-order valence-corrected chi connectivity index (χ0v) is 15.5. The largest absolute Gasteiger partial charge is 0.374 e. The van der Waals surface area contributed by atoms with Gasteiger partial charge >= 0.3 is 0 Å². The average Bonchev–Trinajstić information content (AvgIpc) is 3.14. The molecule has 27 heavy (non-hydrogen) atoms. The van der Waals surface area contributed by atoms with E-state index in [1.54, 1.807) is 31.2 Å². The molecule has 1 N–H and O–H groups in total. The molecule has 6 nitrogen and oxygen atoms in total. The van der Waals surface area contributed by atoms with Gasteiger partial charge in [-0.2, -0.15) is 4.98 Å². The lowest BCUT2D eigenvalue weighted by atomic mass is 10.1. The summed E-state index contributed by atoms with van der Waals surface area (Å²) in [5.74, 6) is 0.916. The fourth-order valence-electron chi connectivity index (χ4n) is 2.64. The third-order valence-corrected chi connectivity index (χ3v) is 4.17. The van der Waals surface area contributed by atoms with Crippen LogP contribution in [0.3, 0.4) is 0 Å². The number of benzene rings is 2. The smallest absolute Gasteiger partial charge is 0.257 e. The Morgan fingerprint density at radius 3 is 2.56 bits per heavy atom. The van der Waals surface area contributed by atoms with Gasteiger partial charge < -0.3 is 14.6 Å². The van der Waals surface area contributed by atoms with Gasteiger partial charge in [-0.1, -0.05) is 35.5 Å². The number of hydrogen-bond acceptors (Lipinski definition) is 5. The first-order valence-electron chi connectivity index (χ1n) is 8.99. The molecule has 1 amide bonds. The molecule has 0 aliphatic carbocycles. The summed E-state index contributed by atoms with van der Waals surface area (Å²) in [7, 11) is 0. The van der Waals surface area contributed by atoms with Crippen LogP contribution in [0.5, 0.6) is 0 Å². The number of rotatable bonds is 8. The Morgan fingerprint density at radius 2 is 1.89 bits per heavy atom. The van der Waals surface area contributed by atoms with Crippen LogP contribution >= 0.6 is 0 Å². The third-order valence-electron chi connectivity index (χ3n) is 4.17. The van der Waals surface area contributed by atoms with E-state index in [0.717, 1.165) is 17.5 Å². The van der Waals surface area contributed by atoms with E-state index in [9.17, 15) is 4.79 Å². The van der Waals surface area contributed by atoms with Crippen molar-refractivity contribution in [2.75, 3.05) is 13.2 Å². The molecule has 1 aromatic heterocycles. The highest BCUT2D eigenvalue weighted by Crippen LogP contribution is 2.18. The molecule has 0 radical (unpaired) electrons. The van der Waals surface area contributed by atoms with Gasteiger partial charge in [0.2, 0.25) is 0 Å². The summed E-state index contributed by atoms with van der Waals surface area (Å²) in [4.78, 5) is 16.4. The number of nitrogens with zero attached hydrogens (tertiary/aromatic N) is 2. The molecular weight excluding hydrogens is 342 g/mol. The standard InChI is InChI=1S/C21H23N3O3/c1-15(17-7-4-3-5-8-17)26-14-6-13-22-20(25)18-9-11-19(12-10-18)21-23-16(2)24-27-21/h3-5,7-12,15H,6,13-14H2,1-2H3,(H,22,25). The fraction of sp³-hybridized carbons (Fsp3) is 0.286. The number of carbonyl (C=O) groups excluding carboxylic acids is 1. The topological polar surface area (TPSA) is 77.2 Å². The van der Waals surface area contributed by atoms with Crippen molar-refractivity contribution in [1.82, 2.24) is 15.5 Å². The number of hydrogen-bond donors (Lipinski definition) is 1. The quantitative estimate of drug-likeness (QED) is 0.612. The highest BCUT2D eigenvalue weighted by molar-refractivity contribution is 5.94. The van der Waals surface area contributed by atoms with Crippen molar-refractivity contribution in [3.8, 4) is 11.5 Å². The monoisotopic (exact) mass is 365 g/mol. The zero-order valence-electron chi connectivity index (χ0n) is 15.5. The molecule has 0 saturated carbocycles. The van der Waals surface area contributed by atoms with E-state index in [1.807, 2.05) is 37.3 Å². The highest BCUT2D eigenvalue weighted by atomic mass is 16.5. The zero-order chi connectivity index (χ0) is 19.1. The van der Waals surface area contributed by atoms with Crippen LogP contribution in [0.25, 0.3) is 11.5 Å². The summed E-state index contributed by atoms with van der Waals surface area (Å²) in [6, 6.07) is 17.2. The van der Waals surface area contributed by atoms with E-state index in [2.05, 4.69) is 15.5 Å². The van der Waals surface area contributed by atoms with E-state index >= 15 is 0 Å². The number of aryl methyl sites for hydroxylation is 1. The number of ether oxygens (including phenoxy) is 1. The highest BCUT2D eigenvalue weighted by Gasteiger charge is 2.09. The van der Waals surface area contributed by atoms with E-state index in [-0.39, 0.29) is 12.0 Å². The van der Waals surface area contributed by atoms with Crippen molar-refractivity contribution in [1.29, 1.82) is 0 Å². The maximum Gasteiger partial charge on any atom is 0.257 e. The summed E-state index contributed by atoms with van der Waals surface area (Å²) in [5.41, 5.74) is 2.53. The van der Waals surface area contributed by atoms with Crippen molar-refractivity contribution >= 4 is 5.91 Å². The van der Waals surface area contributed by atoms with Crippen LogP contribution in [-0.4, -0.2) is 29.2 Å². The predicted octanol–water partition coefficient (Wildman–Crippen LogP) is 3.94. The molecule has 3 rings (SSSR count). The minimum Gasteiger partial charge on any atom is -0.374 e. The molecule has 1 unspecified atom stereocenters. The number of carbonyl (C=O) groups is 1. The molecule has 140 valence electrons. The summed E-state index contributed by atoms with van der Waals surface area (Å²) in [5, 5.41) is 6.67. The Labute approximate surface area is 158 Å². The molecule has 2 aromatic carbocycles. The lowest BCUT2D eigenvalue weighted by Gasteiger charge is -2.13. The lowest BCUT2D eigenvalue weighted by molar-refractivity contribution is 0.0635. The van der Waals surface area contributed by atoms with Crippen molar-refractivity contribution in [2.24, 2.45) is 0 Å². The molecule has 0 spiro atoms. The molecule has 0 bridgehead atoms. The van der Waals surface area contributed by atoms with Crippen LogP contribution < -0.4 is 5.32 Å². The van der Waals surface area contributed by atoms with Crippen LogP contribution in [0.1, 0.15) is 41.2 Å². The molecule has 0 aliphatic heterocycles. The normalized spacial score (nSPS) is 11.9. The van der Waals surface area contributed by atoms with E-state index in [0.29, 0.717) is 30.4 Å².